The number of fused-ring (bicyclic) bond motifs is 3. The van der Waals surface area contributed by atoms with Crippen molar-refractivity contribution < 1.29 is 4.79 Å². The second-order valence-electron chi connectivity index (χ2n) is 8.53. The van der Waals surface area contributed by atoms with E-state index >= 15 is 0 Å². The van der Waals surface area contributed by atoms with Crippen LogP contribution in [0.25, 0.3) is 33.4 Å². The van der Waals surface area contributed by atoms with Gasteiger partial charge in [-0.25, -0.2) is 0 Å². The van der Waals surface area contributed by atoms with E-state index in [1.807, 2.05) is 12.1 Å². The van der Waals surface area contributed by atoms with Gasteiger partial charge in [0.15, 0.2) is 5.78 Å². The molecule has 146 valence electrons. The maximum atomic E-state index is 13.5. The fourth-order valence-electron chi connectivity index (χ4n) is 4.54. The van der Waals surface area contributed by atoms with E-state index in [1.54, 1.807) is 0 Å². The van der Waals surface area contributed by atoms with Crippen molar-refractivity contribution in [1.82, 2.24) is 0 Å². The van der Waals surface area contributed by atoms with Gasteiger partial charge < -0.3 is 0 Å². The molecule has 0 N–H and O–H groups in total. The first-order chi connectivity index (χ1) is 14.4. The Kier molecular flexibility index (Phi) is 4.22. The molecule has 0 fully saturated rings. The number of carbonyl (C=O) groups is 1. The zero-order valence-corrected chi connectivity index (χ0v) is 17.8. The molecule has 0 aliphatic heterocycles. The van der Waals surface area contributed by atoms with Crippen LogP contribution in [0.4, 0.5) is 0 Å². The lowest BCUT2D eigenvalue weighted by Gasteiger charge is -2.15. The van der Waals surface area contributed by atoms with E-state index in [4.69, 9.17) is 0 Å². The summed E-state index contributed by atoms with van der Waals surface area (Å²) in [5, 5.41) is 0. The van der Waals surface area contributed by atoms with E-state index < -0.39 is 0 Å². The molecule has 0 heterocycles. The Morgan fingerprint density at radius 1 is 0.433 bits per heavy atom. The van der Waals surface area contributed by atoms with Crippen LogP contribution < -0.4 is 0 Å². The molecule has 0 aromatic heterocycles. The number of benzene rings is 4. The lowest BCUT2D eigenvalue weighted by Crippen LogP contribution is -1.97. The molecule has 0 saturated heterocycles. The summed E-state index contributed by atoms with van der Waals surface area (Å²) in [5.41, 5.74) is 13.0. The molecule has 0 spiro atoms. The van der Waals surface area contributed by atoms with Crippen LogP contribution in [0.1, 0.15) is 38.2 Å². The standard InChI is InChI=1S/C29H24O/c1-17-5-9-21(10-6-17)23-13-19(3)15-25-27(23)28-24(22-11-7-18(2)8-12-22)14-20(4)16-26(28)29(25)30/h5-16H,1-4H3. The molecule has 5 rings (SSSR count). The first-order valence-electron chi connectivity index (χ1n) is 10.4. The van der Waals surface area contributed by atoms with Crippen molar-refractivity contribution in [3.05, 3.63) is 106 Å². The molecule has 0 unspecified atom stereocenters. The number of aryl methyl sites for hydroxylation is 4. The number of carbonyl (C=O) groups excluding carboxylic acids is 1. The Balaban J connectivity index is 1.86. The maximum absolute atomic E-state index is 13.5. The van der Waals surface area contributed by atoms with Crippen LogP contribution in [-0.2, 0) is 0 Å². The van der Waals surface area contributed by atoms with Crippen LogP contribution in [0, 0.1) is 27.7 Å². The van der Waals surface area contributed by atoms with Crippen molar-refractivity contribution in [2.45, 2.75) is 27.7 Å². The van der Waals surface area contributed by atoms with E-state index in [0.29, 0.717) is 0 Å². The monoisotopic (exact) mass is 388 g/mol. The lowest BCUT2D eigenvalue weighted by atomic mass is 9.87. The van der Waals surface area contributed by atoms with Gasteiger partial charge >= 0.3 is 0 Å². The molecular weight excluding hydrogens is 364 g/mol. The first kappa shape index (κ1) is 18.6. The molecule has 4 aromatic rings. The summed E-state index contributed by atoms with van der Waals surface area (Å²) in [5.74, 6) is 0.133. The summed E-state index contributed by atoms with van der Waals surface area (Å²) in [6.45, 7) is 8.34. The number of hydrogen-bond donors (Lipinski definition) is 0. The molecule has 1 heteroatoms. The van der Waals surface area contributed by atoms with Gasteiger partial charge in [0.05, 0.1) is 0 Å². The fraction of sp³-hybridized carbons (Fsp3) is 0.138. The Labute approximate surface area is 178 Å². The highest BCUT2D eigenvalue weighted by molar-refractivity contribution is 6.26. The number of ketones is 1. The van der Waals surface area contributed by atoms with Crippen molar-refractivity contribution in [2.24, 2.45) is 0 Å². The van der Waals surface area contributed by atoms with Crippen molar-refractivity contribution in [2.75, 3.05) is 0 Å². The van der Waals surface area contributed by atoms with Gasteiger partial charge in [-0.15, -0.1) is 0 Å². The van der Waals surface area contributed by atoms with Gasteiger partial charge in [-0.3, -0.25) is 4.79 Å². The van der Waals surface area contributed by atoms with Gasteiger partial charge in [0.25, 0.3) is 0 Å². The number of hydrogen-bond acceptors (Lipinski definition) is 1. The highest BCUT2D eigenvalue weighted by Crippen LogP contribution is 2.48. The van der Waals surface area contributed by atoms with Crippen molar-refractivity contribution in [3.8, 4) is 33.4 Å². The van der Waals surface area contributed by atoms with E-state index in [1.165, 1.54) is 11.1 Å². The van der Waals surface area contributed by atoms with Crippen molar-refractivity contribution in [3.63, 3.8) is 0 Å². The predicted molar refractivity (Wildman–Crippen MR) is 125 cm³/mol. The summed E-state index contributed by atoms with van der Waals surface area (Å²) in [6, 6.07) is 25.7. The smallest absolute Gasteiger partial charge is 0.194 e. The molecular formula is C29H24O. The minimum absolute atomic E-state index is 0.133. The van der Waals surface area contributed by atoms with E-state index in [0.717, 1.165) is 55.6 Å². The number of rotatable bonds is 2. The summed E-state index contributed by atoms with van der Waals surface area (Å²) in [7, 11) is 0. The molecule has 0 saturated carbocycles. The summed E-state index contributed by atoms with van der Waals surface area (Å²) in [6.07, 6.45) is 0. The fourth-order valence-corrected chi connectivity index (χ4v) is 4.54. The molecule has 0 radical (unpaired) electrons. The quantitative estimate of drug-likeness (QED) is 0.307. The zero-order chi connectivity index (χ0) is 21.0. The Hall–Kier alpha value is -3.45. The summed E-state index contributed by atoms with van der Waals surface area (Å²) >= 11 is 0. The van der Waals surface area contributed by atoms with Crippen LogP contribution in [0.5, 0.6) is 0 Å². The molecule has 0 bridgehead atoms. The van der Waals surface area contributed by atoms with E-state index in [-0.39, 0.29) is 5.78 Å². The van der Waals surface area contributed by atoms with Crippen LogP contribution in [0.3, 0.4) is 0 Å². The highest BCUT2D eigenvalue weighted by Gasteiger charge is 2.32. The molecule has 1 aliphatic carbocycles. The highest BCUT2D eigenvalue weighted by atomic mass is 16.1. The lowest BCUT2D eigenvalue weighted by molar-refractivity contribution is 0.104. The predicted octanol–water partition coefficient (Wildman–Crippen LogP) is 7.47. The topological polar surface area (TPSA) is 17.1 Å². The van der Waals surface area contributed by atoms with Gasteiger partial charge in [0.2, 0.25) is 0 Å². The van der Waals surface area contributed by atoms with Crippen LogP contribution >= 0.6 is 0 Å². The van der Waals surface area contributed by atoms with Crippen LogP contribution in [0.15, 0.2) is 72.8 Å². The molecule has 0 amide bonds. The average Bonchev–Trinajstić information content (AvgIpc) is 3.00. The largest absolute Gasteiger partial charge is 0.289 e. The molecule has 30 heavy (non-hydrogen) atoms. The molecule has 1 aliphatic rings. The van der Waals surface area contributed by atoms with Crippen LogP contribution in [0.2, 0.25) is 0 Å². The Morgan fingerprint density at radius 2 is 0.767 bits per heavy atom. The second-order valence-corrected chi connectivity index (χ2v) is 8.53. The summed E-state index contributed by atoms with van der Waals surface area (Å²) < 4.78 is 0. The average molecular weight is 389 g/mol. The van der Waals surface area contributed by atoms with Crippen LogP contribution in [-0.4, -0.2) is 5.78 Å². The second kappa shape index (κ2) is 6.81. The maximum Gasteiger partial charge on any atom is 0.194 e. The molecule has 1 nitrogen and oxygen atoms in total. The minimum Gasteiger partial charge on any atom is -0.289 e. The zero-order valence-electron chi connectivity index (χ0n) is 17.8. The van der Waals surface area contributed by atoms with Gasteiger partial charge in [-0.05, 0) is 73.2 Å². The van der Waals surface area contributed by atoms with Crippen molar-refractivity contribution >= 4 is 5.78 Å². The van der Waals surface area contributed by atoms with Gasteiger partial charge in [0, 0.05) is 22.3 Å². The van der Waals surface area contributed by atoms with Gasteiger partial charge in [-0.1, -0.05) is 71.8 Å². The van der Waals surface area contributed by atoms with Gasteiger partial charge in [0.1, 0.15) is 0 Å². The van der Waals surface area contributed by atoms with E-state index in [9.17, 15) is 4.79 Å². The third-order valence-electron chi connectivity index (χ3n) is 6.03. The SMILES string of the molecule is Cc1ccc(-c2cc(C)cc3c2-c2c(cc(C)cc2-c2ccc(C)cc2)C3=O)cc1. The Bertz CT molecular complexity index is 1200. The third kappa shape index (κ3) is 2.90. The molecule has 0 atom stereocenters. The van der Waals surface area contributed by atoms with Crippen molar-refractivity contribution in [1.29, 1.82) is 0 Å². The van der Waals surface area contributed by atoms with E-state index in [2.05, 4.69) is 88.4 Å². The van der Waals surface area contributed by atoms with Gasteiger partial charge in [-0.2, -0.15) is 0 Å². The normalized spacial score (nSPS) is 12.1. The molecule has 4 aromatic carbocycles. The third-order valence-corrected chi connectivity index (χ3v) is 6.03. The first-order valence-corrected chi connectivity index (χ1v) is 10.4. The summed E-state index contributed by atoms with van der Waals surface area (Å²) in [4.78, 5) is 13.5. The minimum atomic E-state index is 0.133. The Morgan fingerprint density at radius 3 is 1.13 bits per heavy atom.